The molecule has 11 heteroatoms. The minimum Gasteiger partial charge on any atom is -0.422 e. The van der Waals surface area contributed by atoms with Gasteiger partial charge in [-0.1, -0.05) is 60.1 Å². The van der Waals surface area contributed by atoms with E-state index in [0.29, 0.717) is 26.9 Å². The average molecular weight is 597 g/mol. The standard InChI is InChI=1S/C31H21ClN4O5S/c32-26-23-11-5-7-13-25(23)42-27(26)31(40)41-21-16-14-19(15-17-21)18-33-36-30(39)29(38)35-24-12-6-4-10-22(24)28(37)34-20-8-2-1-3-9-20/h1-18H,(H,34,37)(H,35,38)(H,36,39)/b33-18+. The highest BCUT2D eigenvalue weighted by atomic mass is 35.5. The van der Waals surface area contributed by atoms with Crippen molar-refractivity contribution in [2.45, 2.75) is 0 Å². The van der Waals surface area contributed by atoms with Gasteiger partial charge in [0.05, 0.1) is 22.5 Å². The van der Waals surface area contributed by atoms with Crippen molar-refractivity contribution in [3.05, 3.63) is 124 Å². The second-order valence-corrected chi connectivity index (χ2v) is 10.1. The van der Waals surface area contributed by atoms with Crippen LogP contribution in [-0.4, -0.2) is 29.9 Å². The van der Waals surface area contributed by atoms with Gasteiger partial charge < -0.3 is 15.4 Å². The van der Waals surface area contributed by atoms with Crippen LogP contribution in [0.4, 0.5) is 11.4 Å². The lowest BCUT2D eigenvalue weighted by Gasteiger charge is -2.11. The Bertz CT molecular complexity index is 1820. The number of nitrogens with zero attached hydrogens (tertiary/aromatic N) is 1. The van der Waals surface area contributed by atoms with E-state index in [0.717, 1.165) is 10.1 Å². The van der Waals surface area contributed by atoms with Gasteiger partial charge in [-0.3, -0.25) is 14.4 Å². The molecule has 0 spiro atoms. The average Bonchev–Trinajstić information content (AvgIpc) is 3.35. The van der Waals surface area contributed by atoms with Crippen LogP contribution in [0.2, 0.25) is 5.02 Å². The van der Waals surface area contributed by atoms with Gasteiger partial charge in [0.1, 0.15) is 10.6 Å². The van der Waals surface area contributed by atoms with Crippen LogP contribution in [-0.2, 0) is 9.59 Å². The molecule has 0 bridgehead atoms. The number of esters is 1. The molecule has 0 saturated heterocycles. The summed E-state index contributed by atoms with van der Waals surface area (Å²) in [6, 6.07) is 28.9. The van der Waals surface area contributed by atoms with Crippen LogP contribution in [0.3, 0.4) is 0 Å². The number of hydrogen-bond donors (Lipinski definition) is 3. The smallest absolute Gasteiger partial charge is 0.355 e. The predicted molar refractivity (Wildman–Crippen MR) is 163 cm³/mol. The molecule has 4 aromatic carbocycles. The SMILES string of the molecule is O=C(N/N=C/c1ccc(OC(=O)c2sc3ccccc3c2Cl)cc1)C(=O)Nc1ccccc1C(=O)Nc1ccccc1. The van der Waals surface area contributed by atoms with E-state index in [-0.39, 0.29) is 11.3 Å². The fourth-order valence-electron chi connectivity index (χ4n) is 3.83. The Morgan fingerprint density at radius 2 is 1.45 bits per heavy atom. The van der Waals surface area contributed by atoms with Gasteiger partial charge in [0.2, 0.25) is 0 Å². The molecule has 0 aliphatic heterocycles. The summed E-state index contributed by atoms with van der Waals surface area (Å²) >= 11 is 7.61. The Morgan fingerprint density at radius 3 is 2.21 bits per heavy atom. The van der Waals surface area contributed by atoms with Gasteiger partial charge >= 0.3 is 17.8 Å². The van der Waals surface area contributed by atoms with Crippen LogP contribution < -0.4 is 20.8 Å². The van der Waals surface area contributed by atoms with Gasteiger partial charge in [-0.25, -0.2) is 10.2 Å². The van der Waals surface area contributed by atoms with Crippen LogP contribution >= 0.6 is 22.9 Å². The predicted octanol–water partition coefficient (Wildman–Crippen LogP) is 6.12. The Labute approximate surface area is 248 Å². The summed E-state index contributed by atoms with van der Waals surface area (Å²) in [5.41, 5.74) is 3.65. The van der Waals surface area contributed by atoms with Crippen LogP contribution in [0.15, 0.2) is 108 Å². The zero-order valence-corrected chi connectivity index (χ0v) is 23.2. The quantitative estimate of drug-likeness (QED) is 0.0686. The maximum atomic E-state index is 12.7. The number of thiophene rings is 1. The fraction of sp³-hybridized carbons (Fsp3) is 0. The van der Waals surface area contributed by atoms with Crippen LogP contribution in [0, 0.1) is 0 Å². The lowest BCUT2D eigenvalue weighted by atomic mass is 10.1. The zero-order chi connectivity index (χ0) is 29.5. The molecule has 0 fully saturated rings. The molecule has 208 valence electrons. The molecular weight excluding hydrogens is 576 g/mol. The number of carbonyl (C=O) groups excluding carboxylic acids is 4. The summed E-state index contributed by atoms with van der Waals surface area (Å²) in [5.74, 6) is -2.76. The fourth-order valence-corrected chi connectivity index (χ4v) is 5.21. The van der Waals surface area contributed by atoms with E-state index in [1.165, 1.54) is 29.7 Å². The number of hydrogen-bond acceptors (Lipinski definition) is 7. The highest BCUT2D eigenvalue weighted by Crippen LogP contribution is 2.35. The molecule has 9 nitrogen and oxygen atoms in total. The molecule has 1 heterocycles. The Kier molecular flexibility index (Phi) is 8.67. The van der Waals surface area contributed by atoms with Gasteiger partial charge in [0.15, 0.2) is 0 Å². The Hall–Kier alpha value is -5.32. The molecule has 0 atom stereocenters. The van der Waals surface area contributed by atoms with Gasteiger partial charge in [-0.2, -0.15) is 5.10 Å². The molecule has 42 heavy (non-hydrogen) atoms. The molecule has 0 radical (unpaired) electrons. The van der Waals surface area contributed by atoms with Crippen molar-refractivity contribution >= 4 is 74.3 Å². The number of benzene rings is 4. The second-order valence-electron chi connectivity index (χ2n) is 8.72. The van der Waals surface area contributed by atoms with E-state index in [9.17, 15) is 19.2 Å². The number of amides is 3. The van der Waals surface area contributed by atoms with E-state index in [2.05, 4.69) is 21.2 Å². The number of ether oxygens (including phenoxy) is 1. The summed E-state index contributed by atoms with van der Waals surface area (Å²) in [7, 11) is 0. The van der Waals surface area contributed by atoms with Gasteiger partial charge in [-0.05, 0) is 60.2 Å². The number of rotatable bonds is 7. The van der Waals surface area contributed by atoms with Crippen molar-refractivity contribution in [1.29, 1.82) is 0 Å². The third-order valence-corrected chi connectivity index (χ3v) is 7.50. The lowest BCUT2D eigenvalue weighted by molar-refractivity contribution is -0.136. The van der Waals surface area contributed by atoms with E-state index >= 15 is 0 Å². The molecule has 3 amide bonds. The third kappa shape index (κ3) is 6.69. The summed E-state index contributed by atoms with van der Waals surface area (Å²) in [4.78, 5) is 50.4. The molecule has 0 saturated carbocycles. The lowest BCUT2D eigenvalue weighted by Crippen LogP contribution is -2.33. The first-order valence-electron chi connectivity index (χ1n) is 12.5. The molecule has 3 N–H and O–H groups in total. The number of nitrogens with one attached hydrogen (secondary N) is 3. The molecule has 1 aromatic heterocycles. The third-order valence-electron chi connectivity index (χ3n) is 5.85. The topological polar surface area (TPSA) is 126 Å². The molecular formula is C31H21ClN4O5S. The van der Waals surface area contributed by atoms with Gasteiger partial charge in [0.25, 0.3) is 5.91 Å². The van der Waals surface area contributed by atoms with Crippen molar-refractivity contribution in [3.63, 3.8) is 0 Å². The van der Waals surface area contributed by atoms with Crippen LogP contribution in [0.25, 0.3) is 10.1 Å². The summed E-state index contributed by atoms with van der Waals surface area (Å²) < 4.78 is 6.33. The number of anilines is 2. The number of carbonyl (C=O) groups is 4. The summed E-state index contributed by atoms with van der Waals surface area (Å²) in [5, 5.41) is 10.1. The van der Waals surface area contributed by atoms with Gasteiger partial charge in [0, 0.05) is 15.8 Å². The van der Waals surface area contributed by atoms with E-state index in [1.54, 1.807) is 60.7 Å². The maximum absolute atomic E-state index is 12.7. The first-order valence-corrected chi connectivity index (χ1v) is 13.7. The van der Waals surface area contributed by atoms with Crippen molar-refractivity contribution in [3.8, 4) is 5.75 Å². The van der Waals surface area contributed by atoms with Crippen molar-refractivity contribution in [1.82, 2.24) is 5.43 Å². The van der Waals surface area contributed by atoms with Gasteiger partial charge in [-0.15, -0.1) is 11.3 Å². The Balaban J connectivity index is 1.15. The molecule has 5 rings (SSSR count). The molecule has 0 unspecified atom stereocenters. The van der Waals surface area contributed by atoms with E-state index < -0.39 is 23.7 Å². The number of fused-ring (bicyclic) bond motifs is 1. The summed E-state index contributed by atoms with van der Waals surface area (Å²) in [6.07, 6.45) is 1.32. The first-order chi connectivity index (χ1) is 20.4. The largest absolute Gasteiger partial charge is 0.422 e. The van der Waals surface area contributed by atoms with Crippen LogP contribution in [0.5, 0.6) is 5.75 Å². The van der Waals surface area contributed by atoms with Crippen LogP contribution in [0.1, 0.15) is 25.6 Å². The zero-order valence-electron chi connectivity index (χ0n) is 21.7. The highest BCUT2D eigenvalue weighted by Gasteiger charge is 2.19. The summed E-state index contributed by atoms with van der Waals surface area (Å²) in [6.45, 7) is 0. The number of halogens is 1. The van der Waals surface area contributed by atoms with E-state index in [4.69, 9.17) is 16.3 Å². The van der Waals surface area contributed by atoms with E-state index in [1.807, 2.05) is 30.3 Å². The van der Waals surface area contributed by atoms with Crippen molar-refractivity contribution in [2.75, 3.05) is 10.6 Å². The normalized spacial score (nSPS) is 10.8. The van der Waals surface area contributed by atoms with Crippen molar-refractivity contribution < 1.29 is 23.9 Å². The first kappa shape index (κ1) is 28.2. The molecule has 0 aliphatic rings. The molecule has 5 aromatic rings. The maximum Gasteiger partial charge on any atom is 0.355 e. The van der Waals surface area contributed by atoms with Crippen molar-refractivity contribution in [2.24, 2.45) is 5.10 Å². The second kappa shape index (κ2) is 12.9. The monoisotopic (exact) mass is 596 g/mol. The number of para-hydroxylation sites is 2. The Morgan fingerprint density at radius 1 is 0.762 bits per heavy atom. The minimum atomic E-state index is -1.03. The number of hydrazone groups is 1. The minimum absolute atomic E-state index is 0.164. The molecule has 0 aliphatic carbocycles. The highest BCUT2D eigenvalue weighted by molar-refractivity contribution is 7.21.